The zero-order chi connectivity index (χ0) is 13.4. The van der Waals surface area contributed by atoms with Crippen LogP contribution in [0.5, 0.6) is 5.75 Å². The summed E-state index contributed by atoms with van der Waals surface area (Å²) in [5.41, 5.74) is 0.895. The molecular weight excluding hydrogens is 270 g/mol. The highest BCUT2D eigenvalue weighted by atomic mass is 32.2. The van der Waals surface area contributed by atoms with Gasteiger partial charge in [-0.15, -0.1) is 0 Å². The van der Waals surface area contributed by atoms with Gasteiger partial charge in [-0.1, -0.05) is 24.0 Å². The molecule has 0 aromatic heterocycles. The monoisotopic (exact) mass is 285 g/mol. The number of methoxy groups -OCH3 is 1. The van der Waals surface area contributed by atoms with E-state index in [0.717, 1.165) is 11.4 Å². The Hall–Kier alpha value is -1.27. The van der Waals surface area contributed by atoms with E-state index in [9.17, 15) is 4.79 Å². The predicted octanol–water partition coefficient (Wildman–Crippen LogP) is 2.99. The number of ether oxygens (including phenoxy) is 1. The average molecular weight is 285 g/mol. The number of carbonyl (C=O) groups is 1. The van der Waals surface area contributed by atoms with Crippen LogP contribution in [0.15, 0.2) is 24.3 Å². The molecule has 0 saturated carbocycles. The van der Waals surface area contributed by atoms with E-state index >= 15 is 0 Å². The largest absolute Gasteiger partial charge is 0.497 e. The Morgan fingerprint density at radius 1 is 1.44 bits per heavy atom. The van der Waals surface area contributed by atoms with Gasteiger partial charge in [-0.2, -0.15) is 0 Å². The first-order chi connectivity index (χ1) is 8.61. The van der Waals surface area contributed by atoms with Gasteiger partial charge in [0, 0.05) is 17.9 Å². The summed E-state index contributed by atoms with van der Waals surface area (Å²) >= 11 is 6.60. The molecule has 0 bridgehead atoms. The van der Waals surface area contributed by atoms with Crippen molar-refractivity contribution in [2.75, 3.05) is 18.2 Å². The lowest BCUT2D eigenvalue weighted by atomic mass is 10.3. The van der Waals surface area contributed by atoms with Crippen molar-refractivity contribution in [1.29, 1.82) is 0 Å². The Balaban J connectivity index is 2.28. The minimum absolute atomic E-state index is 0.179. The topological polar surface area (TPSA) is 58.6 Å². The van der Waals surface area contributed by atoms with Gasteiger partial charge in [-0.3, -0.25) is 4.79 Å². The van der Waals surface area contributed by atoms with Crippen molar-refractivity contribution < 1.29 is 14.6 Å². The van der Waals surface area contributed by atoms with E-state index in [2.05, 4.69) is 5.32 Å². The van der Waals surface area contributed by atoms with Gasteiger partial charge in [-0.25, -0.2) is 0 Å². The van der Waals surface area contributed by atoms with Crippen molar-refractivity contribution >= 4 is 40.0 Å². The summed E-state index contributed by atoms with van der Waals surface area (Å²) in [6, 6.07) is 7.45. The molecule has 18 heavy (non-hydrogen) atoms. The van der Waals surface area contributed by atoms with Crippen LogP contribution in [0.3, 0.4) is 0 Å². The Morgan fingerprint density at radius 3 is 2.67 bits per heavy atom. The molecule has 0 aliphatic carbocycles. The van der Waals surface area contributed by atoms with Crippen molar-refractivity contribution in [2.45, 2.75) is 12.8 Å². The van der Waals surface area contributed by atoms with Crippen LogP contribution < -0.4 is 10.1 Å². The summed E-state index contributed by atoms with van der Waals surface area (Å²) in [7, 11) is 1.62. The fourth-order valence-electron chi connectivity index (χ4n) is 1.22. The van der Waals surface area contributed by atoms with Gasteiger partial charge in [0.05, 0.1) is 7.11 Å². The van der Waals surface area contributed by atoms with E-state index < -0.39 is 5.97 Å². The molecule has 2 N–H and O–H groups in total. The smallest absolute Gasteiger partial charge is 0.303 e. The summed E-state index contributed by atoms with van der Waals surface area (Å²) in [5, 5.41) is 11.6. The maximum Gasteiger partial charge on any atom is 0.303 e. The number of nitrogens with one attached hydrogen (secondary N) is 1. The van der Waals surface area contributed by atoms with Crippen LogP contribution in [0.2, 0.25) is 0 Å². The molecule has 1 aromatic rings. The van der Waals surface area contributed by atoms with Crippen LogP contribution in [-0.2, 0) is 4.79 Å². The number of carboxylic acid groups (broad SMARTS) is 1. The van der Waals surface area contributed by atoms with Crippen LogP contribution in [0.25, 0.3) is 0 Å². The first-order valence-electron chi connectivity index (χ1n) is 5.41. The molecule has 0 spiro atoms. The maximum atomic E-state index is 10.3. The van der Waals surface area contributed by atoms with E-state index in [4.69, 9.17) is 22.1 Å². The average Bonchev–Trinajstić information content (AvgIpc) is 2.35. The Morgan fingerprint density at radius 2 is 2.11 bits per heavy atom. The Bertz CT molecular complexity index is 406. The van der Waals surface area contributed by atoms with Gasteiger partial charge in [0.25, 0.3) is 0 Å². The summed E-state index contributed by atoms with van der Waals surface area (Å²) < 4.78 is 5.70. The third-order valence-corrected chi connectivity index (χ3v) is 3.42. The number of thiocarbonyl (C=S) groups is 1. The molecule has 1 aromatic carbocycles. The zero-order valence-electron chi connectivity index (χ0n) is 10.0. The summed E-state index contributed by atoms with van der Waals surface area (Å²) in [6.45, 7) is 0. The zero-order valence-corrected chi connectivity index (χ0v) is 11.6. The quantitative estimate of drug-likeness (QED) is 0.619. The summed E-state index contributed by atoms with van der Waals surface area (Å²) in [6.07, 6.45) is 0.794. The highest BCUT2D eigenvalue weighted by Gasteiger charge is 2.01. The molecule has 4 nitrogen and oxygen atoms in total. The Kier molecular flexibility index (Phi) is 6.53. The molecular formula is C12H15NO3S2. The SMILES string of the molecule is COc1ccc(NC(=S)SCCCC(=O)O)cc1. The summed E-state index contributed by atoms with van der Waals surface area (Å²) in [5.74, 6) is 0.721. The number of hydrogen-bond acceptors (Lipinski definition) is 4. The first-order valence-corrected chi connectivity index (χ1v) is 6.81. The fraction of sp³-hybridized carbons (Fsp3) is 0.333. The van der Waals surface area contributed by atoms with Crippen molar-refractivity contribution in [3.05, 3.63) is 24.3 Å². The molecule has 0 radical (unpaired) electrons. The van der Waals surface area contributed by atoms with Crippen LogP contribution in [-0.4, -0.2) is 28.3 Å². The standard InChI is InChI=1S/C12H15NO3S2/c1-16-10-6-4-9(5-7-10)13-12(17)18-8-2-3-11(14)15/h4-7H,2-3,8H2,1H3,(H,13,17)(H,14,15). The normalized spacial score (nSPS) is 9.83. The molecule has 0 heterocycles. The van der Waals surface area contributed by atoms with Crippen molar-refractivity contribution in [3.8, 4) is 5.75 Å². The Labute approximate surface area is 116 Å². The number of thioether (sulfide) groups is 1. The van der Waals surface area contributed by atoms with Crippen molar-refractivity contribution in [2.24, 2.45) is 0 Å². The van der Waals surface area contributed by atoms with Gasteiger partial charge < -0.3 is 15.2 Å². The maximum absolute atomic E-state index is 10.3. The predicted molar refractivity (Wildman–Crippen MR) is 78.5 cm³/mol. The molecule has 0 aliphatic rings. The van der Waals surface area contributed by atoms with E-state index in [1.165, 1.54) is 11.8 Å². The molecule has 0 saturated heterocycles. The van der Waals surface area contributed by atoms with Crippen LogP contribution in [0, 0.1) is 0 Å². The second kappa shape index (κ2) is 7.94. The van der Waals surface area contributed by atoms with E-state index in [0.29, 0.717) is 16.5 Å². The highest BCUT2D eigenvalue weighted by molar-refractivity contribution is 8.23. The van der Waals surface area contributed by atoms with Gasteiger partial charge in [-0.05, 0) is 30.7 Å². The second-order valence-electron chi connectivity index (χ2n) is 3.49. The molecule has 0 aliphatic heterocycles. The molecule has 98 valence electrons. The van der Waals surface area contributed by atoms with Crippen molar-refractivity contribution in [1.82, 2.24) is 0 Å². The fourth-order valence-corrected chi connectivity index (χ4v) is 2.25. The van der Waals surface area contributed by atoms with Crippen molar-refractivity contribution in [3.63, 3.8) is 0 Å². The second-order valence-corrected chi connectivity index (χ2v) is 5.26. The number of anilines is 1. The molecule has 0 atom stereocenters. The van der Waals surface area contributed by atoms with Crippen LogP contribution >= 0.6 is 24.0 Å². The minimum Gasteiger partial charge on any atom is -0.497 e. The third kappa shape index (κ3) is 5.88. The molecule has 0 amide bonds. The molecule has 0 unspecified atom stereocenters. The van der Waals surface area contributed by atoms with E-state index in [1.807, 2.05) is 24.3 Å². The third-order valence-electron chi connectivity index (χ3n) is 2.10. The number of rotatable bonds is 6. The first kappa shape index (κ1) is 14.8. The summed E-state index contributed by atoms with van der Waals surface area (Å²) in [4.78, 5) is 10.3. The lowest BCUT2D eigenvalue weighted by Crippen LogP contribution is -2.05. The van der Waals surface area contributed by atoms with Gasteiger partial charge in [0.2, 0.25) is 0 Å². The van der Waals surface area contributed by atoms with E-state index in [1.54, 1.807) is 7.11 Å². The number of carboxylic acids is 1. The van der Waals surface area contributed by atoms with Gasteiger partial charge in [0.1, 0.15) is 10.1 Å². The van der Waals surface area contributed by atoms with Gasteiger partial charge in [0.15, 0.2) is 0 Å². The molecule has 6 heteroatoms. The lowest BCUT2D eigenvalue weighted by Gasteiger charge is -2.07. The lowest BCUT2D eigenvalue weighted by molar-refractivity contribution is -0.137. The van der Waals surface area contributed by atoms with E-state index in [-0.39, 0.29) is 6.42 Å². The van der Waals surface area contributed by atoms with Gasteiger partial charge >= 0.3 is 5.97 Å². The molecule has 1 rings (SSSR count). The highest BCUT2D eigenvalue weighted by Crippen LogP contribution is 2.17. The van der Waals surface area contributed by atoms with Crippen LogP contribution in [0.4, 0.5) is 5.69 Å². The number of hydrogen-bond donors (Lipinski definition) is 2. The number of benzene rings is 1. The van der Waals surface area contributed by atoms with Crippen LogP contribution in [0.1, 0.15) is 12.8 Å². The molecule has 0 fully saturated rings. The minimum atomic E-state index is -0.773. The number of aliphatic carboxylic acids is 1.